The highest BCUT2D eigenvalue weighted by Gasteiger charge is 3.15. The van der Waals surface area contributed by atoms with Gasteiger partial charge in [-0.15, -0.1) is 0 Å². The van der Waals surface area contributed by atoms with Crippen molar-refractivity contribution in [3.8, 4) is 0 Å². The molecule has 94 valence electrons. The average molecular weight is 248 g/mol. The molecule has 1 aliphatic heterocycles. The molecule has 0 radical (unpaired) electrons. The molecule has 1 saturated heterocycles. The Kier molecular flexibility index (Phi) is 1.02. The van der Waals surface area contributed by atoms with E-state index in [1.54, 1.807) is 0 Å². The molecule has 0 bridgehead atoms. The molecule has 18 heavy (non-hydrogen) atoms. The van der Waals surface area contributed by atoms with Crippen LogP contribution in [0.3, 0.4) is 0 Å². The Morgan fingerprint density at radius 2 is 1.72 bits per heavy atom. The molecule has 0 N–H and O–H groups in total. The lowest BCUT2D eigenvalue weighted by atomic mass is 9.81. The molecular formula is C13H12O5. The van der Waals surface area contributed by atoms with Crippen molar-refractivity contribution >= 4 is 17.9 Å². The predicted octanol–water partition coefficient (Wildman–Crippen LogP) is 0.275. The average Bonchev–Trinajstić information content (AvgIpc) is 3.01. The number of hydrogen-bond acceptors (Lipinski definition) is 5. The lowest BCUT2D eigenvalue weighted by molar-refractivity contribution is -0.169. The maximum atomic E-state index is 12.4. The van der Waals surface area contributed by atoms with E-state index in [-0.39, 0.29) is 11.4 Å². The van der Waals surface area contributed by atoms with Gasteiger partial charge in [0.15, 0.2) is 0 Å². The lowest BCUT2D eigenvalue weighted by Crippen LogP contribution is -2.37. The second-order valence-corrected chi connectivity index (χ2v) is 6.63. The van der Waals surface area contributed by atoms with Gasteiger partial charge in [-0.05, 0) is 30.1 Å². The van der Waals surface area contributed by atoms with Gasteiger partial charge in [0, 0.05) is 0 Å². The van der Waals surface area contributed by atoms with Crippen LogP contribution in [0.5, 0.6) is 0 Å². The van der Waals surface area contributed by atoms with Gasteiger partial charge in [-0.2, -0.15) is 0 Å². The zero-order valence-electron chi connectivity index (χ0n) is 10.1. The molecule has 4 saturated carbocycles. The van der Waals surface area contributed by atoms with Crippen molar-refractivity contribution in [3.63, 3.8) is 0 Å². The largest absolute Gasteiger partial charge is 0.469 e. The first-order valence-electron chi connectivity index (χ1n) is 6.32. The highest BCUT2D eigenvalue weighted by molar-refractivity contribution is 6.18. The van der Waals surface area contributed by atoms with Crippen molar-refractivity contribution in [2.45, 2.75) is 19.8 Å². The number of hydrogen-bond donors (Lipinski definition) is 0. The SMILES string of the molecule is COC(=O)C12C3(C)C4CC15C(=O)OC(=O)C52CC43. The Hall–Kier alpha value is -1.39. The fourth-order valence-corrected chi connectivity index (χ4v) is 6.70. The van der Waals surface area contributed by atoms with E-state index in [1.807, 2.05) is 6.92 Å². The Morgan fingerprint density at radius 3 is 2.17 bits per heavy atom. The molecule has 0 aromatic heterocycles. The van der Waals surface area contributed by atoms with Crippen LogP contribution in [-0.2, 0) is 23.9 Å². The minimum absolute atomic E-state index is 0.213. The first-order chi connectivity index (χ1) is 8.46. The summed E-state index contributed by atoms with van der Waals surface area (Å²) in [6.07, 6.45) is 1.27. The van der Waals surface area contributed by atoms with Gasteiger partial charge in [0.05, 0.1) is 7.11 Å². The molecule has 0 aromatic rings. The number of ether oxygens (including phenoxy) is 2. The Balaban J connectivity index is 1.86. The molecule has 1 heterocycles. The topological polar surface area (TPSA) is 69.7 Å². The van der Waals surface area contributed by atoms with Crippen LogP contribution in [0, 0.1) is 33.5 Å². The third kappa shape index (κ3) is 0.416. The van der Waals surface area contributed by atoms with Gasteiger partial charge in [-0.3, -0.25) is 14.4 Å². The van der Waals surface area contributed by atoms with Gasteiger partial charge in [-0.25, -0.2) is 0 Å². The van der Waals surface area contributed by atoms with E-state index in [9.17, 15) is 14.4 Å². The number of cyclic esters (lactones) is 2. The molecule has 4 unspecified atom stereocenters. The van der Waals surface area contributed by atoms with Crippen molar-refractivity contribution in [2.75, 3.05) is 7.11 Å². The van der Waals surface area contributed by atoms with Gasteiger partial charge < -0.3 is 9.47 Å². The van der Waals surface area contributed by atoms with E-state index >= 15 is 0 Å². The van der Waals surface area contributed by atoms with Crippen LogP contribution in [0.25, 0.3) is 0 Å². The van der Waals surface area contributed by atoms with E-state index in [1.165, 1.54) is 7.11 Å². The van der Waals surface area contributed by atoms with Crippen molar-refractivity contribution in [1.82, 2.24) is 0 Å². The summed E-state index contributed by atoms with van der Waals surface area (Å²) in [4.78, 5) is 36.7. The van der Waals surface area contributed by atoms with Crippen LogP contribution in [0.1, 0.15) is 19.8 Å². The maximum Gasteiger partial charge on any atom is 0.322 e. The van der Waals surface area contributed by atoms with E-state index < -0.39 is 28.2 Å². The number of fused-ring (bicyclic) bond motifs is 1. The number of esters is 3. The molecule has 0 amide bonds. The Bertz CT molecular complexity index is 556. The summed E-state index contributed by atoms with van der Waals surface area (Å²) in [6, 6.07) is 0. The second-order valence-electron chi connectivity index (χ2n) is 6.63. The van der Waals surface area contributed by atoms with E-state index in [2.05, 4.69) is 0 Å². The summed E-state index contributed by atoms with van der Waals surface area (Å²) < 4.78 is 9.80. The van der Waals surface area contributed by atoms with E-state index in [0.29, 0.717) is 24.7 Å². The van der Waals surface area contributed by atoms with Crippen molar-refractivity contribution in [3.05, 3.63) is 0 Å². The fraction of sp³-hybridized carbons (Fsp3) is 0.769. The van der Waals surface area contributed by atoms with Gasteiger partial charge >= 0.3 is 17.9 Å². The Morgan fingerprint density at radius 1 is 1.22 bits per heavy atom. The highest BCUT2D eigenvalue weighted by atomic mass is 16.6. The number of carbonyl (C=O) groups is 3. The van der Waals surface area contributed by atoms with E-state index in [4.69, 9.17) is 9.47 Å². The molecule has 5 rings (SSSR count). The minimum atomic E-state index is -0.899. The van der Waals surface area contributed by atoms with Crippen molar-refractivity contribution in [2.24, 2.45) is 33.5 Å². The highest BCUT2D eigenvalue weighted by Crippen LogP contribution is 3.08. The van der Waals surface area contributed by atoms with Crippen LogP contribution in [-0.4, -0.2) is 25.0 Å². The molecule has 5 fully saturated rings. The summed E-state index contributed by atoms with van der Waals surface area (Å²) in [7, 11) is 1.34. The molecule has 4 aliphatic carbocycles. The van der Waals surface area contributed by atoms with Crippen LogP contribution >= 0.6 is 0 Å². The smallest absolute Gasteiger partial charge is 0.322 e. The zero-order valence-corrected chi connectivity index (χ0v) is 10.1. The standard InChI is InChI=1S/C13H12O5/c1-10-5-3-11-7(14)18-8(15)12(11,4-6(5)10)13(10,11)9(16)17-2/h5-6H,3-4H2,1-2H3. The number of methoxy groups -OCH3 is 1. The maximum absolute atomic E-state index is 12.4. The van der Waals surface area contributed by atoms with Crippen molar-refractivity contribution in [1.29, 1.82) is 0 Å². The zero-order chi connectivity index (χ0) is 12.7. The van der Waals surface area contributed by atoms with Gasteiger partial charge in [0.1, 0.15) is 16.2 Å². The Labute approximate surface area is 103 Å². The van der Waals surface area contributed by atoms with Crippen LogP contribution < -0.4 is 0 Å². The predicted molar refractivity (Wildman–Crippen MR) is 54.7 cm³/mol. The minimum Gasteiger partial charge on any atom is -0.469 e. The van der Waals surface area contributed by atoms with Gasteiger partial charge in [0.2, 0.25) is 0 Å². The first-order valence-corrected chi connectivity index (χ1v) is 6.32. The molecule has 4 atom stereocenters. The number of rotatable bonds is 1. The van der Waals surface area contributed by atoms with Crippen molar-refractivity contribution < 1.29 is 23.9 Å². The number of carbonyl (C=O) groups excluding carboxylic acids is 3. The van der Waals surface area contributed by atoms with Crippen LogP contribution in [0.15, 0.2) is 0 Å². The molecular weight excluding hydrogens is 236 g/mol. The van der Waals surface area contributed by atoms with Crippen LogP contribution in [0.2, 0.25) is 0 Å². The second kappa shape index (κ2) is 1.92. The third-order valence-electron chi connectivity index (χ3n) is 7.10. The fourth-order valence-electron chi connectivity index (χ4n) is 6.70. The lowest BCUT2D eigenvalue weighted by Gasteiger charge is -2.23. The first kappa shape index (κ1) is 9.53. The molecule has 0 aromatic carbocycles. The normalized spacial score (nSPS) is 64.3. The summed E-state index contributed by atoms with van der Waals surface area (Å²) >= 11 is 0. The summed E-state index contributed by atoms with van der Waals surface area (Å²) in [5.74, 6) is -0.569. The summed E-state index contributed by atoms with van der Waals surface area (Å²) in [5, 5.41) is 0. The quantitative estimate of drug-likeness (QED) is 0.492. The van der Waals surface area contributed by atoms with Crippen LogP contribution in [0.4, 0.5) is 0 Å². The molecule has 5 aliphatic rings. The van der Waals surface area contributed by atoms with Gasteiger partial charge in [0.25, 0.3) is 0 Å². The third-order valence-corrected chi connectivity index (χ3v) is 7.10. The summed E-state index contributed by atoms with van der Waals surface area (Å²) in [6.45, 7) is 2.04. The molecule has 2 spiro atoms. The molecule has 5 nitrogen and oxygen atoms in total. The monoisotopic (exact) mass is 248 g/mol. The van der Waals surface area contributed by atoms with E-state index in [0.717, 1.165) is 0 Å². The van der Waals surface area contributed by atoms with Gasteiger partial charge in [-0.1, -0.05) is 6.92 Å². The summed E-state index contributed by atoms with van der Waals surface area (Å²) in [5.41, 5.74) is -2.87. The molecule has 5 heteroatoms.